The molecule has 0 saturated carbocycles. The van der Waals surface area contributed by atoms with Gasteiger partial charge in [0.1, 0.15) is 17.0 Å². The third-order valence-electron chi connectivity index (χ3n) is 13.9. The Kier molecular flexibility index (Phi) is 9.53. The molecular weight excluding hydrogens is 960 g/mol. The van der Waals surface area contributed by atoms with Gasteiger partial charge in [0, 0.05) is 27.1 Å². The lowest BCUT2D eigenvalue weighted by Crippen LogP contribution is -2.14. The Balaban J connectivity index is 1.06. The number of hydrogen-bond acceptors (Lipinski definition) is 2. The van der Waals surface area contributed by atoms with Gasteiger partial charge in [-0.2, -0.15) is 6.33 Å². The molecule has 0 fully saturated rings. The third kappa shape index (κ3) is 6.23. The van der Waals surface area contributed by atoms with Crippen LogP contribution in [0, 0.1) is 0 Å². The Labute approximate surface area is 406 Å². The molecule has 0 N–H and O–H groups in total. The molecule has 13 aromatic rings. The third-order valence-corrected chi connectivity index (χ3v) is 25.6. The van der Waals surface area contributed by atoms with Gasteiger partial charge in [-0.1, -0.05) is 200 Å². The molecule has 0 aliphatic rings. The highest BCUT2D eigenvalue weighted by molar-refractivity contribution is 14.2. The van der Waals surface area contributed by atoms with Crippen LogP contribution in [-0.4, -0.2) is 9.55 Å². The first-order valence-corrected chi connectivity index (χ1v) is 28.0. The van der Waals surface area contributed by atoms with E-state index in [0.29, 0.717) is 0 Å². The van der Waals surface area contributed by atoms with Crippen molar-refractivity contribution in [3.8, 4) is 39.3 Å². The van der Waals surface area contributed by atoms with E-state index < -0.39 is 6.33 Å². The van der Waals surface area contributed by atoms with Crippen LogP contribution in [0.3, 0.4) is 0 Å². The predicted molar refractivity (Wildman–Crippen MR) is 295 cm³/mol. The lowest BCUT2D eigenvalue weighted by Gasteiger charge is -2.58. The number of halogens is 1. The number of furan rings is 1. The first-order chi connectivity index (χ1) is 33.5. The summed E-state index contributed by atoms with van der Waals surface area (Å²) in [6.07, 6.45) is -3.37. The van der Waals surface area contributed by atoms with Crippen molar-refractivity contribution in [2.45, 2.75) is 19.6 Å². The highest BCUT2D eigenvalue weighted by Gasteiger charge is 2.46. The quantitative estimate of drug-likeness (QED) is 0.121. The lowest BCUT2D eigenvalue weighted by molar-refractivity contribution is 0.669. The maximum absolute atomic E-state index is 6.23. The van der Waals surface area contributed by atoms with Crippen molar-refractivity contribution in [2.24, 2.45) is 0 Å². The molecular formula is C63H43IN2OS. The van der Waals surface area contributed by atoms with E-state index in [1.165, 1.54) is 41.1 Å². The van der Waals surface area contributed by atoms with Crippen LogP contribution in [-0.2, 0) is 0 Å². The van der Waals surface area contributed by atoms with E-state index in [1.807, 2.05) is 12.1 Å². The van der Waals surface area contributed by atoms with Crippen molar-refractivity contribution in [1.82, 2.24) is 9.55 Å². The number of thiol groups is 1. The van der Waals surface area contributed by atoms with E-state index in [1.54, 1.807) is 0 Å². The Morgan fingerprint density at radius 1 is 0.353 bits per heavy atom. The molecule has 0 aliphatic heterocycles. The van der Waals surface area contributed by atoms with Gasteiger partial charge in [0.2, 0.25) is 0 Å². The summed E-state index contributed by atoms with van der Waals surface area (Å²) in [6, 6.07) is 92.8. The molecule has 3 heterocycles. The molecule has 3 nitrogen and oxygen atoms in total. The number of nitrogens with zero attached hydrogens (tertiary/aromatic N) is 2. The summed E-state index contributed by atoms with van der Waals surface area (Å²) in [5.41, 5.74) is 10.5. The van der Waals surface area contributed by atoms with Crippen LogP contribution >= 0.6 is 27.5 Å². The van der Waals surface area contributed by atoms with Gasteiger partial charge in [-0.25, -0.2) is 4.98 Å². The van der Waals surface area contributed by atoms with Gasteiger partial charge in [-0.15, -0.1) is 0 Å². The number of rotatable bonds is 8. The van der Waals surface area contributed by atoms with Crippen LogP contribution in [0.2, 0.25) is 0 Å². The average molecular weight is 1000 g/mol. The Bertz CT molecular complexity index is 3950. The van der Waals surface area contributed by atoms with E-state index in [-0.39, 0.29) is 0 Å². The van der Waals surface area contributed by atoms with E-state index in [4.69, 9.17) is 9.40 Å². The molecule has 5 heteroatoms. The highest BCUT2D eigenvalue weighted by atomic mass is 127. The van der Waals surface area contributed by atoms with Crippen molar-refractivity contribution < 1.29 is 4.42 Å². The summed E-state index contributed by atoms with van der Waals surface area (Å²) in [7, 11) is 0. The Morgan fingerprint density at radius 2 is 0.897 bits per heavy atom. The summed E-state index contributed by atoms with van der Waals surface area (Å²) in [6.45, 7) is 0. The molecule has 324 valence electrons. The Hall–Kier alpha value is -7.71. The fourth-order valence-corrected chi connectivity index (χ4v) is 19.2. The van der Waals surface area contributed by atoms with Crippen LogP contribution in [0.15, 0.2) is 279 Å². The van der Waals surface area contributed by atoms with Crippen molar-refractivity contribution >= 4 is 82.1 Å². The zero-order valence-electron chi connectivity index (χ0n) is 36.9. The molecule has 3 aromatic heterocycles. The van der Waals surface area contributed by atoms with Gasteiger partial charge in [0.05, 0.1) is 16.7 Å². The minimum atomic E-state index is -3.37. The standard InChI is InChI=1S/C63H43IN2OS/c64-68(49-22-7-2-8-23-49,50-24-9-3-10-25-50,51-26-11-4-12-27-51)52-28-17-21-47(38-52)57-41-48(43-18-5-1-6-19-43)42-62(65-57)66-58-35-33-45(40-56(58)63-53-29-14-13-20-44(53)32-36-59(63)66)46-34-37-61-55(39-46)54-30-15-16-31-60(54)67-61/h1-42,68H. The zero-order chi connectivity index (χ0) is 45.3. The van der Waals surface area contributed by atoms with E-state index in [0.717, 1.165) is 72.3 Å². The molecule has 0 radical (unpaired) electrons. The van der Waals surface area contributed by atoms with Crippen molar-refractivity contribution in [2.75, 3.05) is 0 Å². The maximum atomic E-state index is 6.23. The monoisotopic (exact) mass is 1000 g/mol. The number of para-hydroxylation sites is 1. The van der Waals surface area contributed by atoms with Crippen LogP contribution < -0.4 is 0 Å². The fraction of sp³-hybridized carbons (Fsp3) is 0. The second-order valence-electron chi connectivity index (χ2n) is 17.6. The molecule has 0 unspecified atom stereocenters. The lowest BCUT2D eigenvalue weighted by atomic mass is 9.99. The first kappa shape index (κ1) is 40.6. The van der Waals surface area contributed by atoms with E-state index in [9.17, 15) is 0 Å². The molecule has 0 saturated heterocycles. The minimum absolute atomic E-state index is 0.863. The van der Waals surface area contributed by atoms with Gasteiger partial charge in [-0.3, -0.25) is 4.57 Å². The predicted octanol–water partition coefficient (Wildman–Crippen LogP) is 18.2. The van der Waals surface area contributed by atoms with Crippen LogP contribution in [0.25, 0.3) is 93.8 Å². The van der Waals surface area contributed by atoms with Crippen molar-refractivity contribution in [3.63, 3.8) is 0 Å². The van der Waals surface area contributed by atoms with Crippen LogP contribution in [0.1, 0.15) is 0 Å². The largest absolute Gasteiger partial charge is 0.456 e. The number of benzene rings is 10. The van der Waals surface area contributed by atoms with E-state index >= 15 is 0 Å². The second-order valence-corrected chi connectivity index (χ2v) is 27.5. The molecule has 0 amide bonds. The second kappa shape index (κ2) is 16.0. The molecule has 0 aliphatic carbocycles. The van der Waals surface area contributed by atoms with Gasteiger partial charge >= 0.3 is 0 Å². The topological polar surface area (TPSA) is 31.0 Å². The minimum Gasteiger partial charge on any atom is -0.456 e. The highest BCUT2D eigenvalue weighted by Crippen LogP contribution is 2.95. The maximum Gasteiger partial charge on any atom is 0.138 e. The van der Waals surface area contributed by atoms with Gasteiger partial charge in [0.15, 0.2) is 0 Å². The number of pyridine rings is 1. The summed E-state index contributed by atoms with van der Waals surface area (Å²) in [5.74, 6) is 0.863. The number of hydrogen-bond donors (Lipinski definition) is 1. The molecule has 10 aromatic carbocycles. The summed E-state index contributed by atoms with van der Waals surface area (Å²) < 4.78 is 8.61. The normalized spacial score (nSPS) is 12.5. The smallest absolute Gasteiger partial charge is 0.138 e. The van der Waals surface area contributed by atoms with Gasteiger partial charge in [0.25, 0.3) is 0 Å². The van der Waals surface area contributed by atoms with Crippen molar-refractivity contribution in [1.29, 1.82) is 0 Å². The first-order valence-electron chi connectivity index (χ1n) is 23.0. The molecule has 0 atom stereocenters. The molecule has 68 heavy (non-hydrogen) atoms. The SMILES string of the molecule is I[SH](c1ccccc1)(c1ccccc1)(c1ccccc1)c1cccc(-c2cc(-c3ccccc3)cc(-n3c4ccc(-c5ccc6oc7ccccc7c6c5)cc4c4c5ccccc5ccc43)n2)c1. The summed E-state index contributed by atoms with van der Waals surface area (Å²) in [4.78, 5) is 10.9. The Morgan fingerprint density at radius 3 is 1.60 bits per heavy atom. The molecule has 13 rings (SSSR count). The fourth-order valence-electron chi connectivity index (χ4n) is 10.6. The average Bonchev–Trinajstić information content (AvgIpc) is 3.97. The molecule has 0 bridgehead atoms. The number of aromatic nitrogens is 2. The van der Waals surface area contributed by atoms with E-state index in [2.05, 4.69) is 268 Å². The number of fused-ring (bicyclic) bond motifs is 8. The summed E-state index contributed by atoms with van der Waals surface area (Å²) in [5, 5.41) is 7.05. The van der Waals surface area contributed by atoms with Gasteiger partial charge < -0.3 is 4.42 Å². The molecule has 0 spiro atoms. The van der Waals surface area contributed by atoms with Crippen LogP contribution in [0.4, 0.5) is 0 Å². The van der Waals surface area contributed by atoms with Gasteiger partial charge in [-0.05, 0) is 128 Å². The van der Waals surface area contributed by atoms with Crippen molar-refractivity contribution in [3.05, 3.63) is 255 Å². The van der Waals surface area contributed by atoms with Crippen LogP contribution in [0.5, 0.6) is 0 Å². The zero-order valence-corrected chi connectivity index (χ0v) is 39.9. The summed E-state index contributed by atoms with van der Waals surface area (Å²) >= 11 is 2.88.